The third-order valence-corrected chi connectivity index (χ3v) is 4.52. The molecule has 0 bridgehead atoms. The first-order valence-electron chi connectivity index (χ1n) is 7.41. The normalized spacial score (nSPS) is 25.7. The second-order valence-electron chi connectivity index (χ2n) is 6.47. The first kappa shape index (κ1) is 15.5. The van der Waals surface area contributed by atoms with Crippen LogP contribution in [0.4, 0.5) is 0 Å². The summed E-state index contributed by atoms with van der Waals surface area (Å²) in [6, 6.07) is 0. The van der Waals surface area contributed by atoms with Crippen LogP contribution in [0.1, 0.15) is 78.1 Å². The van der Waals surface area contributed by atoms with Gasteiger partial charge in [0.1, 0.15) is 0 Å². The molecule has 2 fully saturated rings. The Balaban J connectivity index is 0.000000492. The maximum atomic E-state index is 8.36. The lowest BCUT2D eigenvalue weighted by Gasteiger charge is -2.45. The number of carboxylic acid groups (broad SMARTS) is 1. The van der Waals surface area contributed by atoms with E-state index in [1.54, 1.807) is 0 Å². The quantitative estimate of drug-likeness (QED) is 0.739. The highest BCUT2D eigenvalue weighted by Gasteiger charge is 2.35. The molecule has 0 aliphatic heterocycles. The minimum absolute atomic E-state index is 0.250. The molecule has 0 unspecified atom stereocenters. The van der Waals surface area contributed by atoms with Crippen molar-refractivity contribution in [2.45, 2.75) is 89.1 Å². The molecule has 0 aromatic carbocycles. The summed E-state index contributed by atoms with van der Waals surface area (Å²) < 4.78 is 0. The van der Waals surface area contributed by atoms with Crippen LogP contribution >= 0.6 is 0 Å². The topological polar surface area (TPSA) is 49.3 Å². The van der Waals surface area contributed by atoms with E-state index in [-0.39, 0.29) is 6.47 Å². The number of hydrogen-bond donors (Lipinski definition) is 2. The largest absolute Gasteiger partial charge is 0.483 e. The molecule has 106 valence electrons. The van der Waals surface area contributed by atoms with Gasteiger partial charge in [0, 0.05) is 11.1 Å². The van der Waals surface area contributed by atoms with Crippen molar-refractivity contribution in [1.29, 1.82) is 0 Å². The molecule has 0 heterocycles. The summed E-state index contributed by atoms with van der Waals surface area (Å²) in [7, 11) is 0. The van der Waals surface area contributed by atoms with Gasteiger partial charge in [0.15, 0.2) is 0 Å². The number of nitrogens with one attached hydrogen (secondary N) is 1. The average molecular weight is 255 g/mol. The van der Waals surface area contributed by atoms with Crippen LogP contribution in [0, 0.1) is 0 Å². The van der Waals surface area contributed by atoms with Crippen molar-refractivity contribution in [2.24, 2.45) is 0 Å². The second kappa shape index (κ2) is 7.13. The number of rotatable bonds is 2. The molecule has 0 atom stereocenters. The highest BCUT2D eigenvalue weighted by molar-refractivity contribution is 5.32. The van der Waals surface area contributed by atoms with Gasteiger partial charge in [0.25, 0.3) is 6.47 Å². The molecule has 0 radical (unpaired) electrons. The van der Waals surface area contributed by atoms with E-state index in [0.29, 0.717) is 11.1 Å². The van der Waals surface area contributed by atoms with Gasteiger partial charge in [-0.05, 0) is 39.5 Å². The second-order valence-corrected chi connectivity index (χ2v) is 6.47. The van der Waals surface area contributed by atoms with Crippen molar-refractivity contribution in [3.8, 4) is 0 Å². The molecular formula is C15H29NO2. The fourth-order valence-corrected chi connectivity index (χ4v) is 3.64. The minimum atomic E-state index is -0.250. The van der Waals surface area contributed by atoms with Gasteiger partial charge in [0.2, 0.25) is 0 Å². The molecule has 2 rings (SSSR count). The van der Waals surface area contributed by atoms with Gasteiger partial charge in [-0.15, -0.1) is 0 Å². The monoisotopic (exact) mass is 255 g/mol. The van der Waals surface area contributed by atoms with Gasteiger partial charge in [-0.1, -0.05) is 38.5 Å². The van der Waals surface area contributed by atoms with Crippen LogP contribution in [0.15, 0.2) is 0 Å². The summed E-state index contributed by atoms with van der Waals surface area (Å²) >= 11 is 0. The Morgan fingerprint density at radius 2 is 1.11 bits per heavy atom. The third-order valence-electron chi connectivity index (χ3n) is 4.52. The summed E-state index contributed by atoms with van der Waals surface area (Å²) in [6.45, 7) is 4.65. The number of hydrogen-bond acceptors (Lipinski definition) is 2. The average Bonchev–Trinajstić information content (AvgIpc) is 2.30. The Bertz CT molecular complexity index is 219. The molecule has 3 nitrogen and oxygen atoms in total. The fraction of sp³-hybridized carbons (Fsp3) is 0.933. The lowest BCUT2D eigenvalue weighted by Crippen LogP contribution is -2.56. The molecular weight excluding hydrogens is 226 g/mol. The summed E-state index contributed by atoms with van der Waals surface area (Å²) in [5.41, 5.74) is 0.898. The van der Waals surface area contributed by atoms with E-state index in [9.17, 15) is 0 Å². The minimum Gasteiger partial charge on any atom is -0.483 e. The Morgan fingerprint density at radius 3 is 1.39 bits per heavy atom. The lowest BCUT2D eigenvalue weighted by molar-refractivity contribution is -0.122. The summed E-state index contributed by atoms with van der Waals surface area (Å²) in [5.74, 6) is 0. The number of carbonyl (C=O) groups is 1. The third kappa shape index (κ3) is 4.97. The van der Waals surface area contributed by atoms with Gasteiger partial charge < -0.3 is 10.4 Å². The van der Waals surface area contributed by atoms with E-state index in [1.165, 1.54) is 64.2 Å². The molecule has 2 aliphatic rings. The van der Waals surface area contributed by atoms with Gasteiger partial charge in [0.05, 0.1) is 0 Å². The SMILES string of the molecule is CC1(NC2(C)CCCCC2)CCCCC1.O=CO. The summed E-state index contributed by atoms with van der Waals surface area (Å²) in [5, 5.41) is 10.9. The maximum absolute atomic E-state index is 8.36. The first-order valence-corrected chi connectivity index (χ1v) is 7.41. The standard InChI is InChI=1S/C14H27N.CH2O2/c1-13(9-5-3-6-10-13)15-14(2)11-7-4-8-12-14;2-1-3/h15H,3-12H2,1-2H3;1H,(H,2,3). The molecule has 0 saturated heterocycles. The molecule has 2 aliphatic carbocycles. The van der Waals surface area contributed by atoms with Crippen molar-refractivity contribution in [3.63, 3.8) is 0 Å². The molecule has 0 aromatic rings. The van der Waals surface area contributed by atoms with Crippen molar-refractivity contribution in [2.75, 3.05) is 0 Å². The predicted octanol–water partition coefficient (Wildman–Crippen LogP) is 3.72. The summed E-state index contributed by atoms with van der Waals surface area (Å²) in [4.78, 5) is 8.36. The molecule has 0 spiro atoms. The van der Waals surface area contributed by atoms with E-state index < -0.39 is 0 Å². The van der Waals surface area contributed by atoms with Gasteiger partial charge in [-0.2, -0.15) is 0 Å². The van der Waals surface area contributed by atoms with Crippen molar-refractivity contribution < 1.29 is 9.90 Å². The molecule has 18 heavy (non-hydrogen) atoms. The van der Waals surface area contributed by atoms with Crippen molar-refractivity contribution in [3.05, 3.63) is 0 Å². The fourth-order valence-electron chi connectivity index (χ4n) is 3.64. The highest BCUT2D eigenvalue weighted by atomic mass is 16.3. The van der Waals surface area contributed by atoms with Crippen molar-refractivity contribution in [1.82, 2.24) is 5.32 Å². The Kier molecular flexibility index (Phi) is 6.13. The van der Waals surface area contributed by atoms with Gasteiger partial charge >= 0.3 is 0 Å². The van der Waals surface area contributed by atoms with E-state index in [4.69, 9.17) is 9.90 Å². The van der Waals surface area contributed by atoms with Gasteiger partial charge in [-0.25, -0.2) is 0 Å². The molecule has 2 saturated carbocycles. The van der Waals surface area contributed by atoms with Crippen LogP contribution in [0.3, 0.4) is 0 Å². The molecule has 3 heteroatoms. The summed E-state index contributed by atoms with van der Waals surface area (Å²) in [6.07, 6.45) is 14.2. The molecule has 2 N–H and O–H groups in total. The predicted molar refractivity (Wildman–Crippen MR) is 74.8 cm³/mol. The lowest BCUT2D eigenvalue weighted by atomic mass is 9.77. The van der Waals surface area contributed by atoms with E-state index in [1.807, 2.05) is 0 Å². The smallest absolute Gasteiger partial charge is 0.290 e. The van der Waals surface area contributed by atoms with Crippen LogP contribution in [0.25, 0.3) is 0 Å². The van der Waals surface area contributed by atoms with E-state index in [0.717, 1.165) is 0 Å². The molecule has 0 amide bonds. The van der Waals surface area contributed by atoms with Crippen LogP contribution in [0.5, 0.6) is 0 Å². The van der Waals surface area contributed by atoms with Gasteiger partial charge in [-0.3, -0.25) is 4.79 Å². The van der Waals surface area contributed by atoms with Crippen LogP contribution < -0.4 is 5.32 Å². The van der Waals surface area contributed by atoms with E-state index >= 15 is 0 Å². The maximum Gasteiger partial charge on any atom is 0.290 e. The van der Waals surface area contributed by atoms with Crippen LogP contribution in [-0.2, 0) is 4.79 Å². The highest BCUT2D eigenvalue weighted by Crippen LogP contribution is 2.34. The Labute approximate surface area is 111 Å². The van der Waals surface area contributed by atoms with Crippen LogP contribution in [0.2, 0.25) is 0 Å². The Hall–Kier alpha value is -0.570. The zero-order chi connectivity index (χ0) is 13.5. The Morgan fingerprint density at radius 1 is 0.833 bits per heavy atom. The van der Waals surface area contributed by atoms with E-state index in [2.05, 4.69) is 19.2 Å². The zero-order valence-corrected chi connectivity index (χ0v) is 12.0. The zero-order valence-electron chi connectivity index (χ0n) is 12.0. The van der Waals surface area contributed by atoms with Crippen molar-refractivity contribution >= 4 is 6.47 Å². The van der Waals surface area contributed by atoms with Crippen LogP contribution in [-0.4, -0.2) is 22.7 Å². The first-order chi connectivity index (χ1) is 8.54. The molecule has 0 aromatic heterocycles.